The molecule has 1 aromatic carbocycles. The highest BCUT2D eigenvalue weighted by molar-refractivity contribution is 7.52. The van der Waals surface area contributed by atoms with Crippen LogP contribution in [0.25, 0.3) is 11.2 Å². The summed E-state index contributed by atoms with van der Waals surface area (Å²) < 4.78 is 55.7. The lowest BCUT2D eigenvalue weighted by Gasteiger charge is -2.26. The van der Waals surface area contributed by atoms with Crippen molar-refractivity contribution in [1.29, 1.82) is 0 Å². The highest BCUT2D eigenvalue weighted by atomic mass is 35.5. The van der Waals surface area contributed by atoms with Crippen LogP contribution in [0.3, 0.4) is 0 Å². The van der Waals surface area contributed by atoms with Crippen LogP contribution in [0, 0.1) is 0 Å². The predicted octanol–water partition coefficient (Wildman–Crippen LogP) is 4.27. The summed E-state index contributed by atoms with van der Waals surface area (Å²) in [5.74, 6) is -1.12. The molecule has 5 rings (SSSR count). The number of rotatable bonds is 14. The molecule has 2 aliphatic rings. The highest BCUT2D eigenvalue weighted by Crippen LogP contribution is 2.51. The molecule has 0 radical (unpaired) electrons. The van der Waals surface area contributed by atoms with Crippen LogP contribution in [-0.4, -0.2) is 80.3 Å². The van der Waals surface area contributed by atoms with Gasteiger partial charge in [0.05, 0.1) is 25.1 Å². The number of hydrogen-bond donors (Lipinski definition) is 2. The number of nitrogens with one attached hydrogen (secondary N) is 1. The minimum absolute atomic E-state index is 0.00636. The van der Waals surface area contributed by atoms with Gasteiger partial charge in [-0.25, -0.2) is 14.3 Å². The number of carbonyl (C=O) groups is 3. The molecule has 4 heterocycles. The average Bonchev–Trinajstić information content (AvgIpc) is 3.63. The Morgan fingerprint density at radius 2 is 1.86 bits per heavy atom. The van der Waals surface area contributed by atoms with E-state index in [9.17, 15) is 18.9 Å². The highest BCUT2D eigenvalue weighted by Gasteiger charge is 2.64. The van der Waals surface area contributed by atoms with E-state index in [1.807, 2.05) is 0 Å². The fraction of sp³-hybridized carbons (Fsp3) is 0.533. The third-order valence-electron chi connectivity index (χ3n) is 7.49. The lowest BCUT2D eigenvalue weighted by atomic mass is 9.96. The molecule has 0 saturated carbocycles. The number of nitrogens with zero attached hydrogens (tertiary/aromatic N) is 4. The summed E-state index contributed by atoms with van der Waals surface area (Å²) in [6.45, 7) is 9.38. The molecule has 6 atom stereocenters. The van der Waals surface area contributed by atoms with E-state index in [1.54, 1.807) is 58.9 Å². The van der Waals surface area contributed by atoms with Crippen molar-refractivity contribution < 1.29 is 51.7 Å². The van der Waals surface area contributed by atoms with Crippen LogP contribution < -0.4 is 15.3 Å². The van der Waals surface area contributed by atoms with E-state index < -0.39 is 68.6 Å². The van der Waals surface area contributed by atoms with E-state index in [4.69, 9.17) is 50.1 Å². The molecular weight excluding hydrogens is 687 g/mol. The number of aryl methyl sites for hydroxylation is 1. The Kier molecular flexibility index (Phi) is 10.7. The van der Waals surface area contributed by atoms with Gasteiger partial charge < -0.3 is 33.9 Å². The summed E-state index contributed by atoms with van der Waals surface area (Å²) in [5, 5.41) is 2.64. The predicted molar refractivity (Wildman–Crippen MR) is 172 cm³/mol. The number of aromatic nitrogens is 4. The molecule has 0 aliphatic carbocycles. The van der Waals surface area contributed by atoms with Crippen LogP contribution in [0.5, 0.6) is 5.75 Å². The number of halogens is 1. The normalized spacial score (nSPS) is 23.5. The van der Waals surface area contributed by atoms with E-state index in [-0.39, 0.29) is 47.0 Å². The number of imidazole rings is 1. The second-order valence-electron chi connectivity index (χ2n) is 12.2. The van der Waals surface area contributed by atoms with E-state index in [1.165, 1.54) is 17.8 Å². The fourth-order valence-electron chi connectivity index (χ4n) is 5.40. The van der Waals surface area contributed by atoms with Crippen molar-refractivity contribution in [2.45, 2.75) is 96.7 Å². The summed E-state index contributed by atoms with van der Waals surface area (Å²) in [6, 6.07) is 5.47. The van der Waals surface area contributed by atoms with E-state index in [0.29, 0.717) is 5.56 Å². The molecular formula is C30H38ClN6O11P. The van der Waals surface area contributed by atoms with Gasteiger partial charge in [0.25, 0.3) is 0 Å². The molecule has 49 heavy (non-hydrogen) atoms. The Morgan fingerprint density at radius 1 is 1.14 bits per heavy atom. The number of fused-ring (bicyclic) bond motifs is 2. The summed E-state index contributed by atoms with van der Waals surface area (Å²) in [4.78, 5) is 49.8. The molecule has 19 heteroatoms. The van der Waals surface area contributed by atoms with Gasteiger partial charge in [-0.2, -0.15) is 15.1 Å². The third kappa shape index (κ3) is 8.07. The summed E-state index contributed by atoms with van der Waals surface area (Å²) in [6.07, 6.45) is -3.31. The van der Waals surface area contributed by atoms with Gasteiger partial charge in [0.15, 0.2) is 28.7 Å². The Bertz CT molecular complexity index is 1770. The molecule has 0 bridgehead atoms. The van der Waals surface area contributed by atoms with Gasteiger partial charge in [-0.1, -0.05) is 29.8 Å². The molecule has 0 spiro atoms. The number of carbonyl (C=O) groups excluding carboxylic acids is 3. The van der Waals surface area contributed by atoms with Crippen LogP contribution in [0.1, 0.15) is 59.8 Å². The van der Waals surface area contributed by atoms with Gasteiger partial charge in [0.1, 0.15) is 23.4 Å². The largest absolute Gasteiger partial charge is 0.509 e. The Labute approximate surface area is 286 Å². The number of nitrogen functional groups attached to an aromatic ring is 1. The summed E-state index contributed by atoms with van der Waals surface area (Å²) in [7, 11) is -4.45. The standard InChI is InChI=1S/C30H38ClN6O11P/c1-15(2)43-21(38)12-11-18-9-7-8-10-19(18)48-49(41,36-17(5)26(39)44-16(3)4)42-13-20-23-30(6,47-29(40)46-23)27(45-20)37-14-33-22-24(31)34-28(32)35-25(22)37/h7-10,14-17,20,23,27H,11-13H2,1-6H3,(H,36,41)(H2,32,34,35)/t17-,20+,23?,27+,30+,49?/m0/s1. The van der Waals surface area contributed by atoms with Crippen LogP contribution in [0.4, 0.5) is 10.7 Å². The smallest absolute Gasteiger partial charge is 0.463 e. The Hall–Kier alpha value is -4.02. The maximum atomic E-state index is 14.5. The number of nitrogens with two attached hydrogens (primary N) is 1. The minimum Gasteiger partial charge on any atom is -0.463 e. The monoisotopic (exact) mass is 724 g/mol. The molecule has 2 saturated heterocycles. The second-order valence-corrected chi connectivity index (χ2v) is 14.2. The minimum atomic E-state index is -4.45. The lowest BCUT2D eigenvalue weighted by molar-refractivity contribution is -0.149. The van der Waals surface area contributed by atoms with Crippen molar-refractivity contribution in [1.82, 2.24) is 24.6 Å². The van der Waals surface area contributed by atoms with E-state index in [0.717, 1.165) is 0 Å². The molecule has 2 aromatic heterocycles. The van der Waals surface area contributed by atoms with E-state index >= 15 is 0 Å². The van der Waals surface area contributed by atoms with Gasteiger partial charge in [-0.3, -0.25) is 18.7 Å². The maximum absolute atomic E-state index is 14.5. The first-order valence-electron chi connectivity index (χ1n) is 15.5. The lowest BCUT2D eigenvalue weighted by Crippen LogP contribution is -2.42. The van der Waals surface area contributed by atoms with Crippen LogP contribution in [-0.2, 0) is 48.8 Å². The molecule has 2 unspecified atom stereocenters. The molecule has 0 amide bonds. The molecule has 3 N–H and O–H groups in total. The van der Waals surface area contributed by atoms with Crippen LogP contribution >= 0.6 is 19.3 Å². The quantitative estimate of drug-likeness (QED) is 0.103. The molecule has 2 aliphatic heterocycles. The zero-order valence-corrected chi connectivity index (χ0v) is 29.3. The third-order valence-corrected chi connectivity index (χ3v) is 9.39. The number of anilines is 1. The second kappa shape index (κ2) is 14.5. The number of hydrogen-bond acceptors (Lipinski definition) is 15. The number of para-hydroxylation sites is 1. The van der Waals surface area contributed by atoms with Crippen molar-refractivity contribution in [3.05, 3.63) is 41.3 Å². The molecule has 2 fully saturated rings. The van der Waals surface area contributed by atoms with Gasteiger partial charge >= 0.3 is 25.8 Å². The SMILES string of the molecule is CC(C)OC(=O)CCc1ccccc1OP(=O)(N[C@@H](C)C(=O)OC(C)C)OC[C@H]1O[C@@H](n2cnc3c(Cl)nc(N)nc32)[C@]2(C)OC(=O)OC12. The van der Waals surface area contributed by atoms with Crippen molar-refractivity contribution in [2.75, 3.05) is 12.3 Å². The number of esters is 2. The van der Waals surface area contributed by atoms with Crippen LogP contribution in [0.2, 0.25) is 5.15 Å². The summed E-state index contributed by atoms with van der Waals surface area (Å²) in [5.41, 5.74) is 5.35. The number of benzene rings is 1. The van der Waals surface area contributed by atoms with Gasteiger partial charge in [-0.15, -0.1) is 0 Å². The van der Waals surface area contributed by atoms with Crippen molar-refractivity contribution in [2.24, 2.45) is 0 Å². The van der Waals surface area contributed by atoms with Gasteiger partial charge in [-0.05, 0) is 59.6 Å². The topological polar surface area (TPSA) is 215 Å². The first-order valence-corrected chi connectivity index (χ1v) is 17.4. The molecule has 266 valence electrons. The first kappa shape index (κ1) is 36.3. The zero-order valence-electron chi connectivity index (χ0n) is 27.7. The average molecular weight is 725 g/mol. The van der Waals surface area contributed by atoms with Crippen LogP contribution in [0.15, 0.2) is 30.6 Å². The zero-order chi connectivity index (χ0) is 35.7. The Balaban J connectivity index is 1.41. The summed E-state index contributed by atoms with van der Waals surface area (Å²) >= 11 is 6.22. The fourth-order valence-corrected chi connectivity index (χ4v) is 7.16. The van der Waals surface area contributed by atoms with E-state index in [2.05, 4.69) is 20.0 Å². The van der Waals surface area contributed by atoms with Gasteiger partial charge in [0, 0.05) is 6.42 Å². The Morgan fingerprint density at radius 3 is 2.57 bits per heavy atom. The maximum Gasteiger partial charge on any atom is 0.509 e. The molecule has 17 nitrogen and oxygen atoms in total. The van der Waals surface area contributed by atoms with Crippen molar-refractivity contribution >= 4 is 54.6 Å². The van der Waals surface area contributed by atoms with Gasteiger partial charge in [0.2, 0.25) is 5.95 Å². The van der Waals surface area contributed by atoms with Crippen molar-refractivity contribution in [3.63, 3.8) is 0 Å². The molecule has 3 aromatic rings. The first-order chi connectivity index (χ1) is 23.1. The number of ether oxygens (including phenoxy) is 5. The van der Waals surface area contributed by atoms with Crippen molar-refractivity contribution in [3.8, 4) is 5.75 Å².